The summed E-state index contributed by atoms with van der Waals surface area (Å²) >= 11 is 0. The first-order chi connectivity index (χ1) is 10.8. The maximum atomic E-state index is 12.5. The highest BCUT2D eigenvalue weighted by atomic mass is 16.6. The predicted molar refractivity (Wildman–Crippen MR) is 91.8 cm³/mol. The van der Waals surface area contributed by atoms with Crippen molar-refractivity contribution >= 4 is 11.9 Å². The molecule has 0 spiro atoms. The van der Waals surface area contributed by atoms with Crippen molar-refractivity contribution in [2.24, 2.45) is 5.41 Å². The Labute approximate surface area is 139 Å². The van der Waals surface area contributed by atoms with Crippen LogP contribution in [0.3, 0.4) is 0 Å². The Morgan fingerprint density at radius 1 is 1.04 bits per heavy atom. The van der Waals surface area contributed by atoms with Gasteiger partial charge in [-0.25, -0.2) is 0 Å². The lowest BCUT2D eigenvalue weighted by molar-refractivity contribution is -0.171. The Kier molecular flexibility index (Phi) is 9.68. The van der Waals surface area contributed by atoms with Gasteiger partial charge in [0.2, 0.25) is 0 Å². The zero-order valence-electron chi connectivity index (χ0n) is 14.9. The highest BCUT2D eigenvalue weighted by Gasteiger charge is 2.47. The lowest BCUT2D eigenvalue weighted by Gasteiger charge is -2.26. The van der Waals surface area contributed by atoms with Crippen molar-refractivity contribution in [3.8, 4) is 0 Å². The summed E-state index contributed by atoms with van der Waals surface area (Å²) in [6.07, 6.45) is 5.59. The largest absolute Gasteiger partial charge is 0.465 e. The van der Waals surface area contributed by atoms with E-state index in [1.54, 1.807) is 32.1 Å². The topological polar surface area (TPSA) is 52.6 Å². The molecule has 0 radical (unpaired) electrons. The first-order valence-electron chi connectivity index (χ1n) is 7.85. The number of carbonyl (C=O) groups is 2. The Bertz CT molecular complexity index is 497. The molecule has 0 unspecified atom stereocenters. The quantitative estimate of drug-likeness (QED) is 0.277. The van der Waals surface area contributed by atoms with Gasteiger partial charge in [-0.05, 0) is 59.1 Å². The fourth-order valence-electron chi connectivity index (χ4n) is 1.93. The first kappa shape index (κ1) is 20.9. The molecule has 0 saturated carbocycles. The van der Waals surface area contributed by atoms with Crippen LogP contribution in [0.2, 0.25) is 0 Å². The number of esters is 2. The van der Waals surface area contributed by atoms with Crippen molar-refractivity contribution in [3.63, 3.8) is 0 Å². The van der Waals surface area contributed by atoms with E-state index in [9.17, 15) is 9.59 Å². The van der Waals surface area contributed by atoms with E-state index in [0.29, 0.717) is 0 Å². The number of hydrogen-bond donors (Lipinski definition) is 0. The molecule has 0 aromatic carbocycles. The maximum absolute atomic E-state index is 12.5. The summed E-state index contributed by atoms with van der Waals surface area (Å²) in [6.45, 7) is 13.2. The Balaban J connectivity index is 5.77. The molecule has 0 aromatic rings. The van der Waals surface area contributed by atoms with E-state index in [0.717, 1.165) is 11.1 Å². The minimum atomic E-state index is -1.39. The van der Waals surface area contributed by atoms with Gasteiger partial charge in [0.15, 0.2) is 5.41 Å². The molecule has 4 nitrogen and oxygen atoms in total. The SMILES string of the molecule is C=C(C)/C=C/CC(CC=C=C(C)C)(C(=O)OCC)C(=O)OCC. The van der Waals surface area contributed by atoms with Gasteiger partial charge >= 0.3 is 11.9 Å². The van der Waals surface area contributed by atoms with Crippen LogP contribution in [0.1, 0.15) is 47.5 Å². The van der Waals surface area contributed by atoms with E-state index < -0.39 is 17.4 Å². The van der Waals surface area contributed by atoms with Crippen LogP contribution in [-0.2, 0) is 19.1 Å². The molecular formula is C19H28O4. The third kappa shape index (κ3) is 7.16. The van der Waals surface area contributed by atoms with Crippen molar-refractivity contribution in [1.29, 1.82) is 0 Å². The van der Waals surface area contributed by atoms with Gasteiger partial charge in [-0.15, -0.1) is 5.73 Å². The highest BCUT2D eigenvalue weighted by Crippen LogP contribution is 2.32. The Hall–Kier alpha value is -2.06. The molecule has 4 heteroatoms. The Morgan fingerprint density at radius 2 is 1.57 bits per heavy atom. The van der Waals surface area contributed by atoms with E-state index in [2.05, 4.69) is 12.3 Å². The van der Waals surface area contributed by atoms with Crippen LogP contribution in [0.4, 0.5) is 0 Å². The van der Waals surface area contributed by atoms with Crippen molar-refractivity contribution in [1.82, 2.24) is 0 Å². The van der Waals surface area contributed by atoms with E-state index in [-0.39, 0.29) is 26.1 Å². The van der Waals surface area contributed by atoms with E-state index in [1.165, 1.54) is 0 Å². The molecule has 0 aromatic heterocycles. The summed E-state index contributed by atoms with van der Waals surface area (Å²) < 4.78 is 10.3. The van der Waals surface area contributed by atoms with Crippen LogP contribution >= 0.6 is 0 Å². The monoisotopic (exact) mass is 320 g/mol. The molecule has 0 saturated heterocycles. The molecule has 0 fully saturated rings. The highest BCUT2D eigenvalue weighted by molar-refractivity contribution is 6.00. The number of ether oxygens (including phenoxy) is 2. The summed E-state index contributed by atoms with van der Waals surface area (Å²) in [5.74, 6) is -1.15. The Morgan fingerprint density at radius 3 is 1.96 bits per heavy atom. The second kappa shape index (κ2) is 10.6. The van der Waals surface area contributed by atoms with Crippen LogP contribution in [0, 0.1) is 5.41 Å². The summed E-state index contributed by atoms with van der Waals surface area (Å²) in [7, 11) is 0. The second-order valence-corrected chi connectivity index (χ2v) is 5.53. The number of rotatable bonds is 9. The molecule has 0 atom stereocenters. The van der Waals surface area contributed by atoms with Gasteiger partial charge in [-0.3, -0.25) is 9.59 Å². The van der Waals surface area contributed by atoms with E-state index in [1.807, 2.05) is 20.8 Å². The summed E-state index contributed by atoms with van der Waals surface area (Å²) in [6, 6.07) is 0. The predicted octanol–water partition coefficient (Wildman–Crippen LogP) is 4.13. The average molecular weight is 320 g/mol. The molecule has 0 aliphatic heterocycles. The summed E-state index contributed by atoms with van der Waals surface area (Å²) in [5, 5.41) is 0. The maximum Gasteiger partial charge on any atom is 0.324 e. The molecule has 0 amide bonds. The van der Waals surface area contributed by atoms with Crippen LogP contribution in [0.5, 0.6) is 0 Å². The fraction of sp³-hybridized carbons (Fsp3) is 0.526. The van der Waals surface area contributed by atoms with E-state index >= 15 is 0 Å². The third-order valence-electron chi connectivity index (χ3n) is 3.04. The lowest BCUT2D eigenvalue weighted by atomic mass is 9.80. The number of carbonyl (C=O) groups excluding carboxylic acids is 2. The standard InChI is InChI=1S/C19H28O4/c1-7-22-17(20)19(18(21)23-8-2,13-9-11-15(3)4)14-10-12-16(5)6/h9-11H,3,7-8,13-14H2,1-2,4-6H3/b11-9+. The molecule has 0 N–H and O–H groups in total. The van der Waals surface area contributed by atoms with Crippen molar-refractivity contribution in [2.75, 3.05) is 13.2 Å². The lowest BCUT2D eigenvalue weighted by Crippen LogP contribution is -2.41. The molecule has 0 aliphatic rings. The number of allylic oxidation sites excluding steroid dienone is 4. The van der Waals surface area contributed by atoms with Crippen LogP contribution in [0.15, 0.2) is 41.7 Å². The summed E-state index contributed by atoms with van der Waals surface area (Å²) in [4.78, 5) is 25.0. The van der Waals surface area contributed by atoms with Gasteiger partial charge in [-0.1, -0.05) is 24.3 Å². The van der Waals surface area contributed by atoms with Gasteiger partial charge in [0.25, 0.3) is 0 Å². The zero-order valence-corrected chi connectivity index (χ0v) is 14.9. The fourth-order valence-corrected chi connectivity index (χ4v) is 1.93. The first-order valence-corrected chi connectivity index (χ1v) is 7.85. The molecule has 0 rings (SSSR count). The van der Waals surface area contributed by atoms with Gasteiger partial charge in [0, 0.05) is 0 Å². The van der Waals surface area contributed by atoms with Crippen molar-refractivity contribution < 1.29 is 19.1 Å². The smallest absolute Gasteiger partial charge is 0.324 e. The molecule has 128 valence electrons. The third-order valence-corrected chi connectivity index (χ3v) is 3.04. The van der Waals surface area contributed by atoms with Gasteiger partial charge in [0.1, 0.15) is 0 Å². The molecule has 0 bridgehead atoms. The van der Waals surface area contributed by atoms with Gasteiger partial charge in [-0.2, -0.15) is 0 Å². The normalized spacial score (nSPS) is 10.8. The van der Waals surface area contributed by atoms with Crippen LogP contribution in [-0.4, -0.2) is 25.2 Å². The summed E-state index contributed by atoms with van der Waals surface area (Å²) in [5.41, 5.74) is 3.44. The molecule has 23 heavy (non-hydrogen) atoms. The second-order valence-electron chi connectivity index (χ2n) is 5.53. The number of hydrogen-bond acceptors (Lipinski definition) is 4. The molecule has 0 aliphatic carbocycles. The van der Waals surface area contributed by atoms with Gasteiger partial charge < -0.3 is 9.47 Å². The minimum Gasteiger partial charge on any atom is -0.465 e. The van der Waals surface area contributed by atoms with Crippen molar-refractivity contribution in [2.45, 2.75) is 47.5 Å². The van der Waals surface area contributed by atoms with Crippen LogP contribution < -0.4 is 0 Å². The van der Waals surface area contributed by atoms with Gasteiger partial charge in [0.05, 0.1) is 13.2 Å². The van der Waals surface area contributed by atoms with Crippen molar-refractivity contribution in [3.05, 3.63) is 41.7 Å². The molecular weight excluding hydrogens is 292 g/mol. The average Bonchev–Trinajstić information content (AvgIpc) is 2.45. The van der Waals surface area contributed by atoms with E-state index in [4.69, 9.17) is 9.47 Å². The van der Waals surface area contributed by atoms with Crippen LogP contribution in [0.25, 0.3) is 0 Å². The molecule has 0 heterocycles. The minimum absolute atomic E-state index is 0.177. The zero-order chi connectivity index (χ0) is 17.9.